The summed E-state index contributed by atoms with van der Waals surface area (Å²) < 4.78 is 0. The number of hydrogen-bond donors (Lipinski definition) is 2. The molecule has 0 fully saturated rings. The summed E-state index contributed by atoms with van der Waals surface area (Å²) in [5, 5.41) is 8.93. The fourth-order valence-electron chi connectivity index (χ4n) is 1.72. The number of carboxylic acid groups (broad SMARTS) is 1. The van der Waals surface area contributed by atoms with Gasteiger partial charge in [-0.3, -0.25) is 4.79 Å². The predicted octanol–water partition coefficient (Wildman–Crippen LogP) is 2.85. The number of nitrogens with one attached hydrogen (secondary N) is 1. The van der Waals surface area contributed by atoms with E-state index in [1.165, 1.54) is 12.3 Å². The Balaban J connectivity index is 2.39. The lowest BCUT2D eigenvalue weighted by molar-refractivity contribution is 0.0695. The van der Waals surface area contributed by atoms with E-state index in [1.54, 1.807) is 11.8 Å². The second kappa shape index (κ2) is 5.75. The van der Waals surface area contributed by atoms with Gasteiger partial charge in [-0.15, -0.1) is 11.8 Å². The van der Waals surface area contributed by atoms with Crippen molar-refractivity contribution in [2.24, 2.45) is 0 Å². The van der Waals surface area contributed by atoms with Gasteiger partial charge in [0.25, 0.3) is 5.56 Å². The standard InChI is InChI=1S/C14H13NO3S/c1-2-19-11-5-3-9(4-6-11)10-7-12(14(17)18)13(16)15-8-10/h3-8H,2H2,1H3,(H,15,16)(H,17,18). The first kappa shape index (κ1) is 13.4. The number of pyridine rings is 1. The molecule has 4 nitrogen and oxygen atoms in total. The number of rotatable bonds is 4. The maximum atomic E-state index is 11.3. The number of benzene rings is 1. The number of aromatic carboxylic acids is 1. The number of carboxylic acids is 1. The van der Waals surface area contributed by atoms with E-state index >= 15 is 0 Å². The minimum Gasteiger partial charge on any atom is -0.477 e. The minimum absolute atomic E-state index is 0.246. The smallest absolute Gasteiger partial charge is 0.341 e. The first-order valence-electron chi connectivity index (χ1n) is 5.81. The number of H-pyrrole nitrogens is 1. The van der Waals surface area contributed by atoms with Gasteiger partial charge in [0.2, 0.25) is 0 Å². The minimum atomic E-state index is -1.22. The highest BCUT2D eigenvalue weighted by molar-refractivity contribution is 7.99. The Morgan fingerprint density at radius 2 is 1.95 bits per heavy atom. The first-order valence-corrected chi connectivity index (χ1v) is 6.79. The van der Waals surface area contributed by atoms with Gasteiger partial charge in [0.05, 0.1) is 0 Å². The van der Waals surface area contributed by atoms with Crippen LogP contribution in [0.25, 0.3) is 11.1 Å². The van der Waals surface area contributed by atoms with Crippen LogP contribution < -0.4 is 5.56 Å². The number of aromatic nitrogens is 1. The molecule has 0 saturated carbocycles. The van der Waals surface area contributed by atoms with Crippen LogP contribution >= 0.6 is 11.8 Å². The number of thioether (sulfide) groups is 1. The van der Waals surface area contributed by atoms with Gasteiger partial charge in [-0.2, -0.15) is 0 Å². The van der Waals surface area contributed by atoms with Crippen LogP contribution in [0, 0.1) is 0 Å². The lowest BCUT2D eigenvalue weighted by atomic mass is 10.1. The monoisotopic (exact) mass is 275 g/mol. The summed E-state index contributed by atoms with van der Waals surface area (Å²) in [6.45, 7) is 2.08. The topological polar surface area (TPSA) is 70.2 Å². The molecule has 1 heterocycles. The van der Waals surface area contributed by atoms with E-state index < -0.39 is 11.5 Å². The summed E-state index contributed by atoms with van der Waals surface area (Å²) in [4.78, 5) is 25.9. The average Bonchev–Trinajstić information content (AvgIpc) is 2.40. The third-order valence-electron chi connectivity index (χ3n) is 2.63. The van der Waals surface area contributed by atoms with Crippen LogP contribution in [0.15, 0.2) is 46.2 Å². The van der Waals surface area contributed by atoms with Gasteiger partial charge in [0.1, 0.15) is 5.56 Å². The molecule has 0 spiro atoms. The molecule has 0 bridgehead atoms. The van der Waals surface area contributed by atoms with Crippen LogP contribution in [0.4, 0.5) is 0 Å². The maximum absolute atomic E-state index is 11.3. The molecule has 0 aliphatic heterocycles. The van der Waals surface area contributed by atoms with Crippen LogP contribution in [-0.4, -0.2) is 21.8 Å². The average molecular weight is 275 g/mol. The Bertz CT molecular complexity index is 646. The van der Waals surface area contributed by atoms with Gasteiger partial charge in [-0.25, -0.2) is 4.79 Å². The number of hydrogen-bond acceptors (Lipinski definition) is 3. The molecule has 19 heavy (non-hydrogen) atoms. The van der Waals surface area contributed by atoms with Crippen LogP contribution in [0.1, 0.15) is 17.3 Å². The van der Waals surface area contributed by atoms with Gasteiger partial charge in [0, 0.05) is 11.1 Å². The van der Waals surface area contributed by atoms with Gasteiger partial charge >= 0.3 is 5.97 Å². The lowest BCUT2D eigenvalue weighted by Crippen LogP contribution is -2.16. The van der Waals surface area contributed by atoms with Crippen LogP contribution in [0.3, 0.4) is 0 Å². The molecule has 0 aliphatic rings. The highest BCUT2D eigenvalue weighted by Gasteiger charge is 2.10. The molecule has 0 aliphatic carbocycles. The van der Waals surface area contributed by atoms with Crippen molar-refractivity contribution in [3.63, 3.8) is 0 Å². The normalized spacial score (nSPS) is 10.4. The van der Waals surface area contributed by atoms with Crippen molar-refractivity contribution in [1.82, 2.24) is 4.98 Å². The van der Waals surface area contributed by atoms with E-state index in [-0.39, 0.29) is 5.56 Å². The molecular formula is C14H13NO3S. The van der Waals surface area contributed by atoms with Crippen molar-refractivity contribution in [2.75, 3.05) is 5.75 Å². The van der Waals surface area contributed by atoms with Gasteiger partial charge < -0.3 is 10.1 Å². The molecule has 2 rings (SSSR count). The predicted molar refractivity (Wildman–Crippen MR) is 75.9 cm³/mol. The summed E-state index contributed by atoms with van der Waals surface area (Å²) in [6, 6.07) is 9.18. The van der Waals surface area contributed by atoms with Crippen LogP contribution in [0.2, 0.25) is 0 Å². The fourth-order valence-corrected chi connectivity index (χ4v) is 2.38. The van der Waals surface area contributed by atoms with Crippen molar-refractivity contribution in [2.45, 2.75) is 11.8 Å². The molecular weight excluding hydrogens is 262 g/mol. The zero-order valence-electron chi connectivity index (χ0n) is 10.3. The maximum Gasteiger partial charge on any atom is 0.341 e. The Hall–Kier alpha value is -2.01. The summed E-state index contributed by atoms with van der Waals surface area (Å²) in [7, 11) is 0. The van der Waals surface area contributed by atoms with Crippen molar-refractivity contribution < 1.29 is 9.90 Å². The van der Waals surface area contributed by atoms with Crippen LogP contribution in [-0.2, 0) is 0 Å². The third-order valence-corrected chi connectivity index (χ3v) is 3.53. The largest absolute Gasteiger partial charge is 0.477 e. The van der Waals surface area contributed by atoms with Crippen LogP contribution in [0.5, 0.6) is 0 Å². The summed E-state index contributed by atoms with van der Waals surface area (Å²) >= 11 is 1.74. The molecule has 0 unspecified atom stereocenters. The first-order chi connectivity index (χ1) is 9.11. The van der Waals surface area contributed by atoms with E-state index in [0.29, 0.717) is 5.56 Å². The third kappa shape index (κ3) is 3.06. The summed E-state index contributed by atoms with van der Waals surface area (Å²) in [5.41, 5.74) is 0.725. The van der Waals surface area contributed by atoms with E-state index in [0.717, 1.165) is 16.2 Å². The molecule has 0 amide bonds. The van der Waals surface area contributed by atoms with E-state index in [2.05, 4.69) is 11.9 Å². The molecule has 1 aromatic heterocycles. The van der Waals surface area contributed by atoms with E-state index in [1.807, 2.05) is 24.3 Å². The molecule has 1 aromatic carbocycles. The molecule has 0 saturated heterocycles. The quantitative estimate of drug-likeness (QED) is 0.842. The van der Waals surface area contributed by atoms with E-state index in [4.69, 9.17) is 5.11 Å². The molecule has 98 valence electrons. The molecule has 2 aromatic rings. The molecule has 5 heteroatoms. The molecule has 2 N–H and O–H groups in total. The van der Waals surface area contributed by atoms with Gasteiger partial charge in [-0.05, 0) is 35.1 Å². The van der Waals surface area contributed by atoms with Crippen molar-refractivity contribution >= 4 is 17.7 Å². The van der Waals surface area contributed by atoms with Gasteiger partial charge in [-0.1, -0.05) is 19.1 Å². The van der Waals surface area contributed by atoms with Crippen molar-refractivity contribution in [1.29, 1.82) is 0 Å². The molecule has 0 atom stereocenters. The number of aromatic amines is 1. The van der Waals surface area contributed by atoms with E-state index in [9.17, 15) is 9.59 Å². The summed E-state index contributed by atoms with van der Waals surface area (Å²) in [6.07, 6.45) is 1.52. The fraction of sp³-hybridized carbons (Fsp3) is 0.143. The second-order valence-corrected chi connectivity index (χ2v) is 5.23. The highest BCUT2D eigenvalue weighted by atomic mass is 32.2. The molecule has 0 radical (unpaired) electrons. The lowest BCUT2D eigenvalue weighted by Gasteiger charge is -2.04. The highest BCUT2D eigenvalue weighted by Crippen LogP contribution is 2.23. The van der Waals surface area contributed by atoms with Crippen molar-refractivity contribution in [3.8, 4) is 11.1 Å². The number of carbonyl (C=O) groups is 1. The summed E-state index contributed by atoms with van der Waals surface area (Å²) in [5.74, 6) is -0.220. The SMILES string of the molecule is CCSc1ccc(-c2c[nH]c(=O)c(C(=O)O)c2)cc1. The Kier molecular flexibility index (Phi) is 4.06. The second-order valence-electron chi connectivity index (χ2n) is 3.89. The van der Waals surface area contributed by atoms with Gasteiger partial charge in [0.15, 0.2) is 0 Å². The zero-order valence-corrected chi connectivity index (χ0v) is 11.2. The Labute approximate surface area is 114 Å². The Morgan fingerprint density at radius 3 is 2.53 bits per heavy atom. The zero-order chi connectivity index (χ0) is 13.8. The van der Waals surface area contributed by atoms with Crippen molar-refractivity contribution in [3.05, 3.63) is 52.4 Å². The Morgan fingerprint density at radius 1 is 1.26 bits per heavy atom.